The third kappa shape index (κ3) is 2.84. The molecule has 3 heteroatoms. The molecule has 2 aromatic rings. The molecule has 2 aromatic carbocycles. The van der Waals surface area contributed by atoms with Crippen LogP contribution in [-0.2, 0) is 19.7 Å². The summed E-state index contributed by atoms with van der Waals surface area (Å²) < 4.78 is 0. The topological polar surface area (TPSA) is 35.5 Å². The summed E-state index contributed by atoms with van der Waals surface area (Å²) in [7, 11) is 0. The number of aliphatic hydroxyl groups is 1. The van der Waals surface area contributed by atoms with Crippen LogP contribution in [0.1, 0.15) is 16.7 Å². The molecule has 0 unspecified atom stereocenters. The number of fused-ring (bicyclic) bond motifs is 1. The van der Waals surface area contributed by atoms with Gasteiger partial charge in [-0.2, -0.15) is 0 Å². The molecule has 2 N–H and O–H groups in total. The second kappa shape index (κ2) is 6.07. The summed E-state index contributed by atoms with van der Waals surface area (Å²) in [6.45, 7) is 3.97. The second-order valence-electron chi connectivity index (χ2n) is 5.20. The van der Waals surface area contributed by atoms with Crippen molar-refractivity contribution in [1.82, 2.24) is 5.32 Å². The maximum absolute atomic E-state index is 9.10. The summed E-state index contributed by atoms with van der Waals surface area (Å²) in [4.78, 5) is 2.42. The van der Waals surface area contributed by atoms with Crippen molar-refractivity contribution < 1.29 is 5.11 Å². The maximum atomic E-state index is 9.10. The summed E-state index contributed by atoms with van der Waals surface area (Å²) in [6.07, 6.45) is 0. The SMILES string of the molecule is OCc1ccc(CN2CCNCc3ccccc32)cc1. The molecule has 1 aliphatic rings. The Labute approximate surface area is 119 Å². The molecule has 0 amide bonds. The van der Waals surface area contributed by atoms with Crippen LogP contribution in [-0.4, -0.2) is 18.2 Å². The molecule has 0 aromatic heterocycles. The average molecular weight is 268 g/mol. The smallest absolute Gasteiger partial charge is 0.0681 e. The third-order valence-corrected chi connectivity index (χ3v) is 3.79. The van der Waals surface area contributed by atoms with Crippen LogP contribution in [0, 0.1) is 0 Å². The lowest BCUT2D eigenvalue weighted by molar-refractivity contribution is 0.282. The van der Waals surface area contributed by atoms with Crippen LogP contribution in [0.5, 0.6) is 0 Å². The van der Waals surface area contributed by atoms with Gasteiger partial charge >= 0.3 is 0 Å². The Morgan fingerprint density at radius 2 is 1.75 bits per heavy atom. The molecule has 104 valence electrons. The van der Waals surface area contributed by atoms with Crippen LogP contribution >= 0.6 is 0 Å². The predicted molar refractivity (Wildman–Crippen MR) is 81.6 cm³/mol. The summed E-state index contributed by atoms with van der Waals surface area (Å²) in [5.41, 5.74) is 4.92. The first-order valence-corrected chi connectivity index (χ1v) is 7.09. The van der Waals surface area contributed by atoms with E-state index in [1.54, 1.807) is 0 Å². The summed E-state index contributed by atoms with van der Waals surface area (Å²) in [5, 5.41) is 12.6. The van der Waals surface area contributed by atoms with Crippen LogP contribution < -0.4 is 10.2 Å². The minimum Gasteiger partial charge on any atom is -0.392 e. The number of hydrogen-bond donors (Lipinski definition) is 2. The molecule has 20 heavy (non-hydrogen) atoms. The first kappa shape index (κ1) is 13.2. The minimum absolute atomic E-state index is 0.108. The van der Waals surface area contributed by atoms with Gasteiger partial charge in [-0.3, -0.25) is 0 Å². The van der Waals surface area contributed by atoms with E-state index in [0.29, 0.717) is 0 Å². The lowest BCUT2D eigenvalue weighted by Crippen LogP contribution is -2.28. The van der Waals surface area contributed by atoms with Crippen molar-refractivity contribution in [3.05, 3.63) is 65.2 Å². The van der Waals surface area contributed by atoms with E-state index < -0.39 is 0 Å². The number of para-hydroxylation sites is 1. The zero-order valence-electron chi connectivity index (χ0n) is 11.5. The molecular weight excluding hydrogens is 248 g/mol. The van der Waals surface area contributed by atoms with Crippen molar-refractivity contribution in [1.29, 1.82) is 0 Å². The predicted octanol–water partition coefficient (Wildman–Crippen LogP) is 2.29. The van der Waals surface area contributed by atoms with Gasteiger partial charge in [0.25, 0.3) is 0 Å². The summed E-state index contributed by atoms with van der Waals surface area (Å²) in [6, 6.07) is 16.8. The van der Waals surface area contributed by atoms with Gasteiger partial charge in [0.2, 0.25) is 0 Å². The average Bonchev–Trinajstić information content (AvgIpc) is 2.71. The fourth-order valence-corrected chi connectivity index (χ4v) is 2.66. The largest absolute Gasteiger partial charge is 0.392 e. The van der Waals surface area contributed by atoms with Crippen LogP contribution in [0.4, 0.5) is 5.69 Å². The maximum Gasteiger partial charge on any atom is 0.0681 e. The van der Waals surface area contributed by atoms with Crippen LogP contribution in [0.15, 0.2) is 48.5 Å². The number of nitrogens with one attached hydrogen (secondary N) is 1. The van der Waals surface area contributed by atoms with Gasteiger partial charge in [-0.05, 0) is 22.8 Å². The molecule has 3 nitrogen and oxygen atoms in total. The molecule has 1 heterocycles. The second-order valence-corrected chi connectivity index (χ2v) is 5.20. The normalized spacial score (nSPS) is 14.8. The van der Waals surface area contributed by atoms with E-state index in [1.165, 1.54) is 16.8 Å². The zero-order chi connectivity index (χ0) is 13.8. The monoisotopic (exact) mass is 268 g/mol. The Morgan fingerprint density at radius 3 is 2.55 bits per heavy atom. The van der Waals surface area contributed by atoms with Crippen LogP contribution in [0.2, 0.25) is 0 Å². The highest BCUT2D eigenvalue weighted by Gasteiger charge is 2.14. The Hall–Kier alpha value is -1.84. The van der Waals surface area contributed by atoms with Crippen molar-refractivity contribution in [2.75, 3.05) is 18.0 Å². The first-order chi connectivity index (χ1) is 9.86. The standard InChI is InChI=1S/C17H20N2O/c20-13-15-7-5-14(6-8-15)12-19-10-9-18-11-16-3-1-2-4-17(16)19/h1-8,18,20H,9-13H2. The molecule has 0 spiro atoms. The van der Waals surface area contributed by atoms with Crippen molar-refractivity contribution in [3.8, 4) is 0 Å². The molecule has 0 saturated heterocycles. The van der Waals surface area contributed by atoms with Gasteiger partial charge in [0.15, 0.2) is 0 Å². The van der Waals surface area contributed by atoms with Gasteiger partial charge in [0.1, 0.15) is 0 Å². The van der Waals surface area contributed by atoms with Crippen molar-refractivity contribution >= 4 is 5.69 Å². The van der Waals surface area contributed by atoms with E-state index in [4.69, 9.17) is 5.11 Å². The van der Waals surface area contributed by atoms with Crippen molar-refractivity contribution in [2.24, 2.45) is 0 Å². The van der Waals surface area contributed by atoms with Gasteiger partial charge in [-0.1, -0.05) is 42.5 Å². The van der Waals surface area contributed by atoms with Crippen molar-refractivity contribution in [2.45, 2.75) is 19.7 Å². The molecule has 3 rings (SSSR count). The van der Waals surface area contributed by atoms with E-state index >= 15 is 0 Å². The highest BCUT2D eigenvalue weighted by molar-refractivity contribution is 5.54. The Kier molecular flexibility index (Phi) is 4.00. The van der Waals surface area contributed by atoms with E-state index in [9.17, 15) is 0 Å². The molecule has 1 aliphatic heterocycles. The molecule has 0 bridgehead atoms. The van der Waals surface area contributed by atoms with Gasteiger partial charge in [0, 0.05) is 31.9 Å². The van der Waals surface area contributed by atoms with Crippen LogP contribution in [0.25, 0.3) is 0 Å². The number of rotatable bonds is 3. The number of anilines is 1. The van der Waals surface area contributed by atoms with E-state index in [2.05, 4.69) is 46.6 Å². The Morgan fingerprint density at radius 1 is 1.00 bits per heavy atom. The minimum atomic E-state index is 0.108. The Bertz CT molecular complexity index is 565. The highest BCUT2D eigenvalue weighted by atomic mass is 16.3. The van der Waals surface area contributed by atoms with Gasteiger partial charge in [-0.25, -0.2) is 0 Å². The van der Waals surface area contributed by atoms with E-state index in [-0.39, 0.29) is 6.61 Å². The fourth-order valence-electron chi connectivity index (χ4n) is 2.66. The molecule has 0 saturated carbocycles. The lowest BCUT2D eigenvalue weighted by atomic mass is 10.1. The zero-order valence-corrected chi connectivity index (χ0v) is 11.5. The van der Waals surface area contributed by atoms with E-state index in [1.807, 2.05) is 12.1 Å². The number of hydrogen-bond acceptors (Lipinski definition) is 3. The molecule has 0 aliphatic carbocycles. The summed E-state index contributed by atoms with van der Waals surface area (Å²) in [5.74, 6) is 0. The fraction of sp³-hybridized carbons (Fsp3) is 0.294. The van der Waals surface area contributed by atoms with Gasteiger partial charge in [0.05, 0.1) is 6.61 Å². The Balaban J connectivity index is 1.82. The lowest BCUT2D eigenvalue weighted by Gasteiger charge is -2.24. The van der Waals surface area contributed by atoms with Crippen LogP contribution in [0.3, 0.4) is 0 Å². The number of benzene rings is 2. The highest BCUT2D eigenvalue weighted by Crippen LogP contribution is 2.23. The number of aliphatic hydroxyl groups excluding tert-OH is 1. The first-order valence-electron chi connectivity index (χ1n) is 7.09. The summed E-state index contributed by atoms with van der Waals surface area (Å²) >= 11 is 0. The molecule has 0 atom stereocenters. The van der Waals surface area contributed by atoms with Gasteiger partial charge in [-0.15, -0.1) is 0 Å². The molecular formula is C17H20N2O. The van der Waals surface area contributed by atoms with Gasteiger partial charge < -0.3 is 15.3 Å². The molecule has 0 radical (unpaired) electrons. The van der Waals surface area contributed by atoms with Crippen molar-refractivity contribution in [3.63, 3.8) is 0 Å². The quantitative estimate of drug-likeness (QED) is 0.896. The number of nitrogens with zero attached hydrogens (tertiary/aromatic N) is 1. The molecule has 0 fully saturated rings. The van der Waals surface area contributed by atoms with E-state index in [0.717, 1.165) is 31.7 Å². The third-order valence-electron chi connectivity index (χ3n) is 3.79.